The van der Waals surface area contributed by atoms with E-state index in [1.807, 2.05) is 18.2 Å². The number of Topliss-reactive ketones (excluding diaryl/α,β-unsaturated/α-hetero) is 2. The Labute approximate surface area is 223 Å². The van der Waals surface area contributed by atoms with E-state index in [1.54, 1.807) is 7.11 Å². The standard InChI is InChI=1S/C23H38O5Si.C5H8O3/c1-17(24)20(22(25)27-6)16-19-13-12-18(15-21(19)26-5)11-9-10-14-28-29(7,8)23(2,3)4;1-4(6)3-5(7)8-2/h12-13,15,20H,9-11,14,16H2,1-8H3;3H2,1-2H3. The molecule has 8 nitrogen and oxygen atoms in total. The Balaban J connectivity index is 0.00000139. The Morgan fingerprint density at radius 1 is 0.946 bits per heavy atom. The minimum absolute atomic E-state index is 0.115. The van der Waals surface area contributed by atoms with E-state index in [9.17, 15) is 19.2 Å². The summed E-state index contributed by atoms with van der Waals surface area (Å²) in [6.07, 6.45) is 3.16. The minimum atomic E-state index is -1.68. The number of esters is 2. The van der Waals surface area contributed by atoms with Gasteiger partial charge in [0.2, 0.25) is 0 Å². The average molecular weight is 539 g/mol. The summed E-state index contributed by atoms with van der Waals surface area (Å²) in [6, 6.07) is 5.98. The van der Waals surface area contributed by atoms with Crippen molar-refractivity contribution in [1.82, 2.24) is 0 Å². The molecule has 1 rings (SSSR count). The molecule has 37 heavy (non-hydrogen) atoms. The number of unbranched alkanes of at least 4 members (excludes halogenated alkanes) is 1. The number of hydrogen-bond donors (Lipinski definition) is 0. The summed E-state index contributed by atoms with van der Waals surface area (Å²) in [7, 11) is 2.48. The molecule has 0 N–H and O–H groups in total. The molecule has 1 unspecified atom stereocenters. The molecule has 0 aromatic heterocycles. The molecule has 0 radical (unpaired) electrons. The van der Waals surface area contributed by atoms with Crippen molar-refractivity contribution in [3.05, 3.63) is 29.3 Å². The van der Waals surface area contributed by atoms with Crippen molar-refractivity contribution in [2.75, 3.05) is 27.9 Å². The lowest BCUT2D eigenvalue weighted by atomic mass is 9.94. The molecular formula is C28H46O8Si. The van der Waals surface area contributed by atoms with Gasteiger partial charge in [-0.2, -0.15) is 0 Å². The smallest absolute Gasteiger partial charge is 0.316 e. The molecule has 0 saturated carbocycles. The topological polar surface area (TPSA) is 105 Å². The van der Waals surface area contributed by atoms with Crippen molar-refractivity contribution >= 4 is 31.8 Å². The zero-order chi connectivity index (χ0) is 28.8. The largest absolute Gasteiger partial charge is 0.496 e. The van der Waals surface area contributed by atoms with Gasteiger partial charge in [-0.1, -0.05) is 32.9 Å². The second kappa shape index (κ2) is 16.3. The van der Waals surface area contributed by atoms with Gasteiger partial charge in [-0.05, 0) is 74.9 Å². The highest BCUT2D eigenvalue weighted by atomic mass is 28.4. The molecule has 9 heteroatoms. The monoisotopic (exact) mass is 538 g/mol. The molecule has 1 atom stereocenters. The van der Waals surface area contributed by atoms with Crippen molar-refractivity contribution in [2.24, 2.45) is 5.92 Å². The van der Waals surface area contributed by atoms with Crippen LogP contribution in [0, 0.1) is 5.92 Å². The van der Waals surface area contributed by atoms with E-state index in [-0.39, 0.29) is 29.4 Å². The van der Waals surface area contributed by atoms with Crippen LogP contribution in [0.15, 0.2) is 18.2 Å². The molecule has 0 aliphatic carbocycles. The summed E-state index contributed by atoms with van der Waals surface area (Å²) in [5, 5.41) is 0.234. The molecule has 0 bridgehead atoms. The van der Waals surface area contributed by atoms with E-state index in [2.05, 4.69) is 38.6 Å². The molecule has 0 aliphatic heterocycles. The fourth-order valence-electron chi connectivity index (χ4n) is 3.12. The Bertz CT molecular complexity index is 902. The van der Waals surface area contributed by atoms with Crippen LogP contribution >= 0.6 is 0 Å². The fraction of sp³-hybridized carbons (Fsp3) is 0.643. The highest BCUT2D eigenvalue weighted by molar-refractivity contribution is 6.74. The van der Waals surface area contributed by atoms with Crippen LogP contribution in [0.4, 0.5) is 0 Å². The first-order valence-corrected chi connectivity index (χ1v) is 15.4. The number of rotatable bonds is 13. The third kappa shape index (κ3) is 13.0. The second-order valence-electron chi connectivity index (χ2n) is 10.6. The first-order chi connectivity index (χ1) is 17.1. The molecule has 1 aromatic carbocycles. The molecule has 0 saturated heterocycles. The maximum Gasteiger partial charge on any atom is 0.316 e. The van der Waals surface area contributed by atoms with Gasteiger partial charge >= 0.3 is 11.9 Å². The highest BCUT2D eigenvalue weighted by Gasteiger charge is 2.36. The predicted octanol–water partition coefficient (Wildman–Crippen LogP) is 5.10. The molecule has 0 fully saturated rings. The number of aryl methyl sites for hydroxylation is 1. The summed E-state index contributed by atoms with van der Waals surface area (Å²) in [4.78, 5) is 44.0. The van der Waals surface area contributed by atoms with Gasteiger partial charge in [0.1, 0.15) is 29.7 Å². The van der Waals surface area contributed by atoms with E-state index in [0.717, 1.165) is 31.4 Å². The van der Waals surface area contributed by atoms with E-state index >= 15 is 0 Å². The van der Waals surface area contributed by atoms with E-state index in [1.165, 1.54) is 33.6 Å². The number of hydrogen-bond acceptors (Lipinski definition) is 8. The van der Waals surface area contributed by atoms with Crippen LogP contribution in [-0.4, -0.2) is 59.8 Å². The first-order valence-electron chi connectivity index (χ1n) is 12.5. The summed E-state index contributed by atoms with van der Waals surface area (Å²) < 4.78 is 20.7. The van der Waals surface area contributed by atoms with Gasteiger partial charge in [-0.15, -0.1) is 0 Å². The minimum Gasteiger partial charge on any atom is -0.496 e. The number of ether oxygens (including phenoxy) is 3. The summed E-state index contributed by atoms with van der Waals surface area (Å²) in [6.45, 7) is 14.9. The number of carbonyl (C=O) groups excluding carboxylic acids is 4. The van der Waals surface area contributed by atoms with Gasteiger partial charge in [0.05, 0.1) is 21.3 Å². The number of benzene rings is 1. The Kier molecular flexibility index (Phi) is 15.2. The molecule has 0 aliphatic rings. The first kappa shape index (κ1) is 34.5. The number of carbonyl (C=O) groups is 4. The summed E-state index contributed by atoms with van der Waals surface area (Å²) in [5.74, 6) is -1.45. The van der Waals surface area contributed by atoms with Gasteiger partial charge in [0, 0.05) is 6.61 Å². The molecule has 0 amide bonds. The van der Waals surface area contributed by atoms with Crippen molar-refractivity contribution in [1.29, 1.82) is 0 Å². The van der Waals surface area contributed by atoms with Crippen LogP contribution in [0.3, 0.4) is 0 Å². The van der Waals surface area contributed by atoms with Crippen LogP contribution in [-0.2, 0) is 45.9 Å². The lowest BCUT2D eigenvalue weighted by Gasteiger charge is -2.36. The summed E-state index contributed by atoms with van der Waals surface area (Å²) in [5.41, 5.74) is 2.01. The van der Waals surface area contributed by atoms with Crippen LogP contribution in [0.2, 0.25) is 18.1 Å². The lowest BCUT2D eigenvalue weighted by molar-refractivity contribution is -0.149. The Morgan fingerprint density at radius 2 is 1.57 bits per heavy atom. The maximum absolute atomic E-state index is 11.9. The highest BCUT2D eigenvalue weighted by Crippen LogP contribution is 2.36. The SMILES string of the molecule is COC(=O)C(Cc1ccc(CCCCO[Si](C)(C)C(C)(C)C)cc1OC)C(C)=O.COC(=O)CC(C)=O. The van der Waals surface area contributed by atoms with Gasteiger partial charge in [-0.25, -0.2) is 0 Å². The third-order valence-electron chi connectivity index (χ3n) is 6.50. The van der Waals surface area contributed by atoms with E-state index in [0.29, 0.717) is 5.75 Å². The van der Waals surface area contributed by atoms with Crippen molar-refractivity contribution < 1.29 is 37.8 Å². The lowest BCUT2D eigenvalue weighted by Crippen LogP contribution is -2.40. The quantitative estimate of drug-likeness (QED) is 0.148. The normalized spacial score (nSPS) is 12.1. The van der Waals surface area contributed by atoms with Crippen molar-refractivity contribution in [2.45, 2.75) is 84.9 Å². The fourth-order valence-corrected chi connectivity index (χ4v) is 4.21. The Morgan fingerprint density at radius 3 is 2.00 bits per heavy atom. The molecule has 0 heterocycles. The van der Waals surface area contributed by atoms with Crippen molar-refractivity contribution in [3.8, 4) is 5.75 Å². The predicted molar refractivity (Wildman–Crippen MR) is 146 cm³/mol. The van der Waals surface area contributed by atoms with Crippen LogP contribution in [0.5, 0.6) is 5.75 Å². The summed E-state index contributed by atoms with van der Waals surface area (Å²) >= 11 is 0. The van der Waals surface area contributed by atoms with E-state index < -0.39 is 26.2 Å². The number of methoxy groups -OCH3 is 3. The molecular weight excluding hydrogens is 492 g/mol. The van der Waals surface area contributed by atoms with Gasteiger partial charge < -0.3 is 18.6 Å². The van der Waals surface area contributed by atoms with Crippen LogP contribution < -0.4 is 4.74 Å². The zero-order valence-corrected chi connectivity index (χ0v) is 25.3. The zero-order valence-electron chi connectivity index (χ0n) is 24.3. The second-order valence-corrected chi connectivity index (χ2v) is 15.4. The molecule has 0 spiro atoms. The Hall–Kier alpha value is -2.52. The van der Waals surface area contributed by atoms with Crippen LogP contribution in [0.25, 0.3) is 0 Å². The van der Waals surface area contributed by atoms with Gasteiger partial charge in [0.15, 0.2) is 8.32 Å². The average Bonchev–Trinajstić information content (AvgIpc) is 2.81. The third-order valence-corrected chi connectivity index (χ3v) is 11.0. The van der Waals surface area contributed by atoms with Crippen LogP contribution in [0.1, 0.15) is 65.0 Å². The molecule has 210 valence electrons. The number of ketones is 2. The maximum atomic E-state index is 11.9. The van der Waals surface area contributed by atoms with Crippen molar-refractivity contribution in [3.63, 3.8) is 0 Å². The van der Waals surface area contributed by atoms with E-state index in [4.69, 9.17) is 13.9 Å². The van der Waals surface area contributed by atoms with Gasteiger partial charge in [-0.3, -0.25) is 19.2 Å². The molecule has 1 aromatic rings. The van der Waals surface area contributed by atoms with Gasteiger partial charge in [0.25, 0.3) is 0 Å².